The van der Waals surface area contributed by atoms with Gasteiger partial charge < -0.3 is 0 Å². The van der Waals surface area contributed by atoms with Gasteiger partial charge in [0.2, 0.25) is 0 Å². The summed E-state index contributed by atoms with van der Waals surface area (Å²) in [7, 11) is 0. The van der Waals surface area contributed by atoms with Crippen molar-refractivity contribution in [2.75, 3.05) is 0 Å². The summed E-state index contributed by atoms with van der Waals surface area (Å²) in [5.41, 5.74) is 21.0. The zero-order chi connectivity index (χ0) is 32.9. The topological polar surface area (TPSA) is 0 Å². The highest BCUT2D eigenvalue weighted by atomic mass is 14.5. The first kappa shape index (κ1) is 29.7. The summed E-state index contributed by atoms with van der Waals surface area (Å²) in [5.74, 6) is 0. The smallest absolute Gasteiger partial charge is 0.0587 e. The van der Waals surface area contributed by atoms with Crippen molar-refractivity contribution in [3.63, 3.8) is 0 Å². The molecule has 2 aliphatic rings. The van der Waals surface area contributed by atoms with Crippen LogP contribution >= 0.6 is 0 Å². The molecule has 0 bridgehead atoms. The molecule has 6 aromatic rings. The van der Waals surface area contributed by atoms with Crippen LogP contribution in [-0.4, -0.2) is 0 Å². The second kappa shape index (κ2) is 10.2. The molecule has 0 radical (unpaired) electrons. The van der Waals surface area contributed by atoms with Crippen LogP contribution in [0.15, 0.2) is 121 Å². The van der Waals surface area contributed by atoms with Gasteiger partial charge in [-0.2, -0.15) is 0 Å². The Morgan fingerprint density at radius 3 is 0.979 bits per heavy atom. The third-order valence-corrected chi connectivity index (χ3v) is 10.8. The molecular weight excluding hydrogens is 565 g/mol. The number of hydrogen-bond donors (Lipinski definition) is 0. The highest BCUT2D eigenvalue weighted by Gasteiger charge is 2.52. The summed E-state index contributed by atoms with van der Waals surface area (Å²) >= 11 is 0. The molecule has 0 N–H and O–H groups in total. The van der Waals surface area contributed by atoms with Crippen molar-refractivity contribution in [1.29, 1.82) is 0 Å². The lowest BCUT2D eigenvalue weighted by Crippen LogP contribution is -2.27. The summed E-state index contributed by atoms with van der Waals surface area (Å²) in [6.07, 6.45) is 0. The average Bonchev–Trinajstić information content (AvgIpc) is 3.50. The van der Waals surface area contributed by atoms with Crippen LogP contribution < -0.4 is 0 Å². The number of fused-ring (bicyclic) bond motifs is 10. The number of rotatable bonds is 2. The molecule has 0 saturated carbocycles. The molecule has 232 valence electrons. The molecule has 0 aromatic heterocycles. The van der Waals surface area contributed by atoms with Gasteiger partial charge in [0, 0.05) is 0 Å². The van der Waals surface area contributed by atoms with E-state index in [4.69, 9.17) is 0 Å². The highest BCUT2D eigenvalue weighted by Crippen LogP contribution is 2.64. The maximum Gasteiger partial charge on any atom is 0.0726 e. The molecule has 0 fully saturated rings. The molecule has 0 aliphatic heterocycles. The van der Waals surface area contributed by atoms with Crippen molar-refractivity contribution < 1.29 is 0 Å². The predicted octanol–water partition coefficient (Wildman–Crippen LogP) is 12.6. The Bertz CT molecular complexity index is 2030. The number of benzene rings is 6. The van der Waals surface area contributed by atoms with Crippen LogP contribution in [0.2, 0.25) is 0 Å². The standard InChI is InChI=1S/C47H44/c1-29-9-13-31(14-10-29)33-17-21-37-38-22-18-34(32-15-11-30(2)12-16-32)26-42(38)47(41(37)25-33)43-27-35(45(3,4)5)19-23-39(43)40-24-20-36(28-44(40)47)46(6,7)8/h9-28H,1-8H3. The Morgan fingerprint density at radius 2 is 0.638 bits per heavy atom. The third kappa shape index (κ3) is 4.49. The first-order valence-corrected chi connectivity index (χ1v) is 17.1. The Morgan fingerprint density at radius 1 is 0.340 bits per heavy atom. The monoisotopic (exact) mass is 608 g/mol. The average molecular weight is 609 g/mol. The maximum atomic E-state index is 2.54. The second-order valence-corrected chi connectivity index (χ2v) is 16.0. The van der Waals surface area contributed by atoms with Crippen molar-refractivity contribution >= 4 is 0 Å². The number of hydrogen-bond acceptors (Lipinski definition) is 0. The van der Waals surface area contributed by atoms with Crippen LogP contribution in [0.5, 0.6) is 0 Å². The molecule has 0 heterocycles. The van der Waals surface area contributed by atoms with Crippen LogP contribution in [0.4, 0.5) is 0 Å². The molecule has 0 unspecified atom stereocenters. The van der Waals surface area contributed by atoms with Gasteiger partial charge in [-0.1, -0.05) is 162 Å². The molecule has 0 amide bonds. The van der Waals surface area contributed by atoms with E-state index in [0.29, 0.717) is 0 Å². The van der Waals surface area contributed by atoms with E-state index in [2.05, 4.69) is 177 Å². The molecule has 47 heavy (non-hydrogen) atoms. The lowest BCUT2D eigenvalue weighted by Gasteiger charge is -2.33. The van der Waals surface area contributed by atoms with E-state index >= 15 is 0 Å². The SMILES string of the molecule is Cc1ccc(-c2ccc3c(c2)C2(c4cc(-c5ccc(C)cc5)ccc4-3)c3cc(C(C)(C)C)ccc3-c3ccc(C(C)(C)C)cc32)cc1. The minimum Gasteiger partial charge on any atom is -0.0587 e. The van der Waals surface area contributed by atoms with Crippen LogP contribution in [0, 0.1) is 13.8 Å². The summed E-state index contributed by atoms with van der Waals surface area (Å²) in [6.45, 7) is 18.3. The van der Waals surface area contributed by atoms with E-state index in [9.17, 15) is 0 Å². The lowest BCUT2D eigenvalue weighted by atomic mass is 9.68. The Balaban J connectivity index is 1.51. The molecule has 6 aromatic carbocycles. The first-order chi connectivity index (χ1) is 22.4. The number of aryl methyl sites for hydroxylation is 2. The van der Waals surface area contributed by atoms with Gasteiger partial charge >= 0.3 is 0 Å². The fourth-order valence-electron chi connectivity index (χ4n) is 8.01. The minimum absolute atomic E-state index is 0.0271. The zero-order valence-electron chi connectivity index (χ0n) is 29.0. The molecule has 0 nitrogen and oxygen atoms in total. The predicted molar refractivity (Wildman–Crippen MR) is 200 cm³/mol. The molecule has 2 aliphatic carbocycles. The second-order valence-electron chi connectivity index (χ2n) is 16.0. The van der Waals surface area contributed by atoms with Crippen LogP contribution in [0.3, 0.4) is 0 Å². The van der Waals surface area contributed by atoms with Gasteiger partial charge in [0.1, 0.15) is 0 Å². The highest BCUT2D eigenvalue weighted by molar-refractivity contribution is 5.97. The zero-order valence-corrected chi connectivity index (χ0v) is 29.0. The van der Waals surface area contributed by atoms with Gasteiger partial charge in [-0.3, -0.25) is 0 Å². The van der Waals surface area contributed by atoms with E-state index < -0.39 is 5.41 Å². The van der Waals surface area contributed by atoms with Gasteiger partial charge in [-0.05, 0) is 115 Å². The fourth-order valence-corrected chi connectivity index (χ4v) is 8.01. The summed E-state index contributed by atoms with van der Waals surface area (Å²) in [6, 6.07) is 47.1. The van der Waals surface area contributed by atoms with Crippen molar-refractivity contribution in [3.8, 4) is 44.5 Å². The fraction of sp³-hybridized carbons (Fsp3) is 0.234. The molecule has 0 heteroatoms. The summed E-state index contributed by atoms with van der Waals surface area (Å²) in [5, 5.41) is 0. The molecular formula is C47H44. The van der Waals surface area contributed by atoms with E-state index in [0.717, 1.165) is 0 Å². The van der Waals surface area contributed by atoms with Gasteiger partial charge in [-0.25, -0.2) is 0 Å². The van der Waals surface area contributed by atoms with Crippen molar-refractivity contribution in [3.05, 3.63) is 166 Å². The molecule has 8 rings (SSSR count). The molecule has 0 saturated heterocycles. The van der Waals surface area contributed by atoms with E-state index in [1.54, 1.807) is 0 Å². The van der Waals surface area contributed by atoms with Crippen LogP contribution in [-0.2, 0) is 16.2 Å². The Labute approximate surface area is 281 Å². The van der Waals surface area contributed by atoms with Crippen LogP contribution in [0.1, 0.15) is 86.1 Å². The maximum absolute atomic E-state index is 2.54. The minimum atomic E-state index is -0.431. The van der Waals surface area contributed by atoms with Gasteiger partial charge in [0.15, 0.2) is 0 Å². The van der Waals surface area contributed by atoms with Crippen LogP contribution in [0.25, 0.3) is 44.5 Å². The van der Waals surface area contributed by atoms with Crippen molar-refractivity contribution in [2.45, 2.75) is 71.6 Å². The Kier molecular flexibility index (Phi) is 6.42. The van der Waals surface area contributed by atoms with Gasteiger partial charge in [0.25, 0.3) is 0 Å². The van der Waals surface area contributed by atoms with Gasteiger partial charge in [0.05, 0.1) is 5.41 Å². The van der Waals surface area contributed by atoms with E-state index in [1.165, 1.54) is 89.0 Å². The third-order valence-electron chi connectivity index (χ3n) is 10.8. The largest absolute Gasteiger partial charge is 0.0726 e. The van der Waals surface area contributed by atoms with Crippen molar-refractivity contribution in [1.82, 2.24) is 0 Å². The Hall–Kier alpha value is -4.68. The van der Waals surface area contributed by atoms with E-state index in [1.807, 2.05) is 0 Å². The molecule has 1 spiro atoms. The van der Waals surface area contributed by atoms with E-state index in [-0.39, 0.29) is 10.8 Å². The van der Waals surface area contributed by atoms with Crippen molar-refractivity contribution in [2.24, 2.45) is 0 Å². The summed E-state index contributed by atoms with van der Waals surface area (Å²) < 4.78 is 0. The first-order valence-electron chi connectivity index (χ1n) is 17.1. The normalized spacial score (nSPS) is 14.1. The molecule has 0 atom stereocenters. The quantitative estimate of drug-likeness (QED) is 0.183. The summed E-state index contributed by atoms with van der Waals surface area (Å²) in [4.78, 5) is 0. The van der Waals surface area contributed by atoms with Gasteiger partial charge in [-0.15, -0.1) is 0 Å². The lowest BCUT2D eigenvalue weighted by molar-refractivity contribution is 0.586.